The minimum absolute atomic E-state index is 0.166. The second kappa shape index (κ2) is 6.85. The minimum atomic E-state index is 0.166. The van der Waals surface area contributed by atoms with Gasteiger partial charge in [-0.05, 0) is 14.0 Å². The summed E-state index contributed by atoms with van der Waals surface area (Å²) in [6.45, 7) is 5.46. The van der Waals surface area contributed by atoms with Crippen LogP contribution in [-0.2, 0) is 16.6 Å². The molecule has 1 aliphatic heterocycles. The molecule has 2 heterocycles. The summed E-state index contributed by atoms with van der Waals surface area (Å²) in [7, 11) is 4.08. The summed E-state index contributed by atoms with van der Waals surface area (Å²) in [4.78, 5) is 20.8. The maximum atomic E-state index is 12.2. The summed E-state index contributed by atoms with van der Waals surface area (Å²) in [6.07, 6.45) is 4.21. The first-order chi connectivity index (χ1) is 9.63. The highest BCUT2D eigenvalue weighted by Gasteiger charge is 2.30. The molecule has 1 fully saturated rings. The van der Waals surface area contributed by atoms with E-state index in [0.717, 1.165) is 18.9 Å². The van der Waals surface area contributed by atoms with Gasteiger partial charge >= 0.3 is 0 Å². The number of imidazole rings is 1. The van der Waals surface area contributed by atoms with Gasteiger partial charge in [0.25, 0.3) is 0 Å². The van der Waals surface area contributed by atoms with Gasteiger partial charge in [0.15, 0.2) is 0 Å². The summed E-state index contributed by atoms with van der Waals surface area (Å²) in [6, 6.07) is 0.166. The molecule has 0 aliphatic carbocycles. The first-order valence-electron chi connectivity index (χ1n) is 7.16. The van der Waals surface area contributed by atoms with E-state index in [-0.39, 0.29) is 11.9 Å². The third-order valence-electron chi connectivity index (χ3n) is 3.82. The van der Waals surface area contributed by atoms with Crippen LogP contribution in [0.2, 0.25) is 0 Å². The molecule has 0 spiro atoms. The van der Waals surface area contributed by atoms with E-state index in [0.29, 0.717) is 26.2 Å². The number of amides is 1. The molecule has 0 saturated carbocycles. The van der Waals surface area contributed by atoms with Gasteiger partial charge in [-0.25, -0.2) is 4.98 Å². The molecule has 1 saturated heterocycles. The smallest absolute Gasteiger partial charge is 0.224 e. The van der Waals surface area contributed by atoms with Crippen molar-refractivity contribution in [3.05, 3.63) is 18.2 Å². The van der Waals surface area contributed by atoms with E-state index in [4.69, 9.17) is 4.74 Å². The SMILES string of the molecule is CCOCCC(=O)N1CCN(C)C(c2nccn2C)C1. The van der Waals surface area contributed by atoms with Gasteiger partial charge in [0.1, 0.15) is 5.82 Å². The number of hydrogen-bond donors (Lipinski definition) is 0. The molecule has 0 radical (unpaired) electrons. The lowest BCUT2D eigenvalue weighted by atomic mass is 10.1. The van der Waals surface area contributed by atoms with Crippen molar-refractivity contribution in [1.29, 1.82) is 0 Å². The van der Waals surface area contributed by atoms with Crippen molar-refractivity contribution in [2.45, 2.75) is 19.4 Å². The summed E-state index contributed by atoms with van der Waals surface area (Å²) >= 11 is 0. The van der Waals surface area contributed by atoms with Crippen LogP contribution in [0, 0.1) is 0 Å². The number of piperazine rings is 1. The van der Waals surface area contributed by atoms with Crippen LogP contribution in [0.3, 0.4) is 0 Å². The van der Waals surface area contributed by atoms with Gasteiger partial charge in [-0.2, -0.15) is 0 Å². The van der Waals surface area contributed by atoms with Gasteiger partial charge in [-0.1, -0.05) is 0 Å². The average Bonchev–Trinajstić information content (AvgIpc) is 2.85. The molecule has 1 aromatic rings. The number of aryl methyl sites for hydroxylation is 1. The molecule has 2 rings (SSSR count). The molecule has 112 valence electrons. The summed E-state index contributed by atoms with van der Waals surface area (Å²) < 4.78 is 7.28. The molecular weight excluding hydrogens is 256 g/mol. The van der Waals surface area contributed by atoms with Crippen LogP contribution in [-0.4, -0.2) is 65.2 Å². The largest absolute Gasteiger partial charge is 0.381 e. The van der Waals surface area contributed by atoms with Gasteiger partial charge < -0.3 is 14.2 Å². The zero-order valence-corrected chi connectivity index (χ0v) is 12.6. The Morgan fingerprint density at radius 3 is 2.90 bits per heavy atom. The molecule has 20 heavy (non-hydrogen) atoms. The van der Waals surface area contributed by atoms with Gasteiger partial charge in [0.05, 0.1) is 19.1 Å². The molecule has 0 bridgehead atoms. The lowest BCUT2D eigenvalue weighted by Crippen LogP contribution is -2.49. The Balaban J connectivity index is 1.97. The van der Waals surface area contributed by atoms with Crippen LogP contribution in [0.25, 0.3) is 0 Å². The van der Waals surface area contributed by atoms with Crippen molar-refractivity contribution in [1.82, 2.24) is 19.4 Å². The number of nitrogens with zero attached hydrogens (tertiary/aromatic N) is 4. The van der Waals surface area contributed by atoms with Crippen molar-refractivity contribution >= 4 is 5.91 Å². The second-order valence-corrected chi connectivity index (χ2v) is 5.18. The number of hydrogen-bond acceptors (Lipinski definition) is 4. The highest BCUT2D eigenvalue weighted by atomic mass is 16.5. The Morgan fingerprint density at radius 1 is 1.45 bits per heavy atom. The van der Waals surface area contributed by atoms with E-state index in [9.17, 15) is 4.79 Å². The molecule has 1 aromatic heterocycles. The maximum absolute atomic E-state index is 12.2. The molecule has 1 aliphatic rings. The molecule has 0 aromatic carbocycles. The fourth-order valence-electron chi connectivity index (χ4n) is 2.54. The zero-order chi connectivity index (χ0) is 14.5. The van der Waals surface area contributed by atoms with E-state index < -0.39 is 0 Å². The normalized spacial score (nSPS) is 20.4. The van der Waals surface area contributed by atoms with Crippen LogP contribution >= 0.6 is 0 Å². The van der Waals surface area contributed by atoms with E-state index >= 15 is 0 Å². The third kappa shape index (κ3) is 3.37. The van der Waals surface area contributed by atoms with Crippen LogP contribution in [0.4, 0.5) is 0 Å². The Hall–Kier alpha value is -1.40. The van der Waals surface area contributed by atoms with Crippen molar-refractivity contribution in [3.63, 3.8) is 0 Å². The Bertz CT molecular complexity index is 446. The zero-order valence-electron chi connectivity index (χ0n) is 12.6. The first kappa shape index (κ1) is 15.0. The van der Waals surface area contributed by atoms with Gasteiger partial charge in [0, 0.05) is 45.7 Å². The standard InChI is InChI=1S/C14H24N4O2/c1-4-20-10-5-13(19)18-9-8-16(2)12(11-18)14-15-6-7-17(14)3/h6-7,12H,4-5,8-11H2,1-3H3. The van der Waals surface area contributed by atoms with Gasteiger partial charge in [0.2, 0.25) is 5.91 Å². The quantitative estimate of drug-likeness (QED) is 0.744. The van der Waals surface area contributed by atoms with Crippen molar-refractivity contribution < 1.29 is 9.53 Å². The minimum Gasteiger partial charge on any atom is -0.381 e. The van der Waals surface area contributed by atoms with E-state index in [2.05, 4.69) is 16.9 Å². The lowest BCUT2D eigenvalue weighted by molar-refractivity contribution is -0.135. The predicted octanol–water partition coefficient (Wildman–Crippen LogP) is 0.662. The van der Waals surface area contributed by atoms with E-state index in [1.165, 1.54) is 0 Å². The molecule has 0 N–H and O–H groups in total. The molecule has 6 heteroatoms. The number of carbonyl (C=O) groups is 1. The van der Waals surface area contributed by atoms with Crippen LogP contribution in [0.15, 0.2) is 12.4 Å². The highest BCUT2D eigenvalue weighted by Crippen LogP contribution is 2.22. The summed E-state index contributed by atoms with van der Waals surface area (Å²) in [5.41, 5.74) is 0. The number of ether oxygens (including phenoxy) is 1. The maximum Gasteiger partial charge on any atom is 0.224 e. The average molecular weight is 280 g/mol. The predicted molar refractivity (Wildman–Crippen MR) is 76.3 cm³/mol. The van der Waals surface area contributed by atoms with Gasteiger partial charge in [-0.15, -0.1) is 0 Å². The van der Waals surface area contributed by atoms with Crippen molar-refractivity contribution in [3.8, 4) is 0 Å². The molecule has 1 atom stereocenters. The van der Waals surface area contributed by atoms with E-state index in [1.807, 2.05) is 29.6 Å². The highest BCUT2D eigenvalue weighted by molar-refractivity contribution is 5.76. The number of likely N-dealkylation sites (N-methyl/N-ethyl adjacent to an activating group) is 1. The van der Waals surface area contributed by atoms with Crippen molar-refractivity contribution in [2.24, 2.45) is 7.05 Å². The number of carbonyl (C=O) groups excluding carboxylic acids is 1. The Morgan fingerprint density at radius 2 is 2.25 bits per heavy atom. The van der Waals surface area contributed by atoms with Gasteiger partial charge in [-0.3, -0.25) is 9.69 Å². The second-order valence-electron chi connectivity index (χ2n) is 5.18. The summed E-state index contributed by atoms with van der Waals surface area (Å²) in [5, 5.41) is 0. The van der Waals surface area contributed by atoms with Crippen LogP contribution in [0.5, 0.6) is 0 Å². The topological polar surface area (TPSA) is 50.6 Å². The monoisotopic (exact) mass is 280 g/mol. The fourth-order valence-corrected chi connectivity index (χ4v) is 2.54. The fraction of sp³-hybridized carbons (Fsp3) is 0.714. The van der Waals surface area contributed by atoms with Crippen LogP contribution in [0.1, 0.15) is 25.2 Å². The Kier molecular flexibility index (Phi) is 5.14. The molecule has 1 amide bonds. The molecule has 1 unspecified atom stereocenters. The summed E-state index contributed by atoms with van der Waals surface area (Å²) in [5.74, 6) is 1.18. The molecular formula is C14H24N4O2. The Labute approximate surface area is 120 Å². The third-order valence-corrected chi connectivity index (χ3v) is 3.82. The van der Waals surface area contributed by atoms with E-state index in [1.54, 1.807) is 6.20 Å². The van der Waals surface area contributed by atoms with Crippen LogP contribution < -0.4 is 0 Å². The van der Waals surface area contributed by atoms with Crippen molar-refractivity contribution in [2.75, 3.05) is 39.9 Å². The lowest BCUT2D eigenvalue weighted by Gasteiger charge is -2.39. The molecule has 6 nitrogen and oxygen atoms in total. The number of rotatable bonds is 5. The first-order valence-corrected chi connectivity index (χ1v) is 7.16. The number of aromatic nitrogens is 2.